The first-order valence-electron chi connectivity index (χ1n) is 7.88. The second-order valence-corrected chi connectivity index (χ2v) is 6.85. The van der Waals surface area contributed by atoms with Crippen molar-refractivity contribution in [1.29, 1.82) is 0 Å². The van der Waals surface area contributed by atoms with E-state index in [0.29, 0.717) is 5.41 Å². The number of halogens is 1. The van der Waals surface area contributed by atoms with Crippen LogP contribution < -0.4 is 10.2 Å². The molecular formula is C17H27BrN2. The van der Waals surface area contributed by atoms with Crippen molar-refractivity contribution < 1.29 is 0 Å². The molecule has 0 radical (unpaired) electrons. The molecule has 0 aliphatic carbocycles. The smallest absolute Gasteiger partial charge is 0.0412 e. The van der Waals surface area contributed by atoms with Gasteiger partial charge >= 0.3 is 0 Å². The molecule has 0 amide bonds. The number of benzene rings is 1. The van der Waals surface area contributed by atoms with Gasteiger partial charge < -0.3 is 10.2 Å². The van der Waals surface area contributed by atoms with E-state index >= 15 is 0 Å². The van der Waals surface area contributed by atoms with Gasteiger partial charge in [0.05, 0.1) is 0 Å². The molecule has 1 aliphatic heterocycles. The summed E-state index contributed by atoms with van der Waals surface area (Å²) in [5, 5.41) is 3.46. The van der Waals surface area contributed by atoms with E-state index in [4.69, 9.17) is 0 Å². The van der Waals surface area contributed by atoms with E-state index in [9.17, 15) is 0 Å². The minimum atomic E-state index is 0.530. The quantitative estimate of drug-likeness (QED) is 0.816. The number of hydrogen-bond acceptors (Lipinski definition) is 2. The maximum Gasteiger partial charge on any atom is 0.0412 e. The predicted molar refractivity (Wildman–Crippen MR) is 91.4 cm³/mol. The number of nitrogens with zero attached hydrogens (tertiary/aromatic N) is 1. The standard InChI is InChI=1S/C17H27BrN2/c1-4-17(5-2)9-10-20(13-17)16-8-7-15(18)11-14(16)12-19-6-3/h7-8,11,19H,4-6,9-10,12-13H2,1-3H3. The van der Waals surface area contributed by atoms with Crippen LogP contribution in [0, 0.1) is 5.41 Å². The van der Waals surface area contributed by atoms with Crippen LogP contribution in [-0.4, -0.2) is 19.6 Å². The van der Waals surface area contributed by atoms with E-state index in [-0.39, 0.29) is 0 Å². The Kier molecular flexibility index (Phi) is 5.50. The molecule has 2 rings (SSSR count). The largest absolute Gasteiger partial charge is 0.371 e. The van der Waals surface area contributed by atoms with Gasteiger partial charge in [-0.3, -0.25) is 0 Å². The summed E-state index contributed by atoms with van der Waals surface area (Å²) in [4.78, 5) is 2.59. The van der Waals surface area contributed by atoms with Crippen LogP contribution >= 0.6 is 15.9 Å². The highest BCUT2D eigenvalue weighted by Gasteiger charge is 2.35. The Hall–Kier alpha value is -0.540. The molecule has 1 aliphatic rings. The Labute approximate surface area is 132 Å². The first-order chi connectivity index (χ1) is 9.64. The van der Waals surface area contributed by atoms with Crippen molar-refractivity contribution in [1.82, 2.24) is 5.32 Å². The third kappa shape index (κ3) is 3.37. The molecule has 1 saturated heterocycles. The summed E-state index contributed by atoms with van der Waals surface area (Å²) in [5.41, 5.74) is 3.35. The Morgan fingerprint density at radius 2 is 2.00 bits per heavy atom. The number of anilines is 1. The molecule has 0 atom stereocenters. The zero-order valence-corrected chi connectivity index (χ0v) is 14.6. The summed E-state index contributed by atoms with van der Waals surface area (Å²) < 4.78 is 1.17. The summed E-state index contributed by atoms with van der Waals surface area (Å²) in [6, 6.07) is 6.71. The van der Waals surface area contributed by atoms with Gasteiger partial charge in [-0.25, -0.2) is 0 Å². The topological polar surface area (TPSA) is 15.3 Å². The third-order valence-corrected chi connectivity index (χ3v) is 5.38. The lowest BCUT2D eigenvalue weighted by Crippen LogP contribution is -2.27. The second-order valence-electron chi connectivity index (χ2n) is 5.93. The van der Waals surface area contributed by atoms with Gasteiger partial charge in [0, 0.05) is 29.8 Å². The van der Waals surface area contributed by atoms with Crippen LogP contribution in [0.2, 0.25) is 0 Å². The maximum atomic E-state index is 3.60. The Bertz CT molecular complexity index is 441. The van der Waals surface area contributed by atoms with E-state index < -0.39 is 0 Å². The summed E-state index contributed by atoms with van der Waals surface area (Å²) >= 11 is 3.60. The van der Waals surface area contributed by atoms with E-state index in [1.165, 1.54) is 48.1 Å². The molecule has 2 nitrogen and oxygen atoms in total. The molecule has 1 aromatic rings. The molecule has 112 valence electrons. The molecule has 0 saturated carbocycles. The highest BCUT2D eigenvalue weighted by Crippen LogP contribution is 2.40. The van der Waals surface area contributed by atoms with Crippen molar-refractivity contribution in [2.45, 2.75) is 46.6 Å². The zero-order valence-electron chi connectivity index (χ0n) is 13.0. The summed E-state index contributed by atoms with van der Waals surface area (Å²) in [7, 11) is 0. The highest BCUT2D eigenvalue weighted by molar-refractivity contribution is 9.10. The SMILES string of the molecule is CCNCc1cc(Br)ccc1N1CCC(CC)(CC)C1. The van der Waals surface area contributed by atoms with Gasteiger partial charge in [0.1, 0.15) is 0 Å². The fraction of sp³-hybridized carbons (Fsp3) is 0.647. The lowest BCUT2D eigenvalue weighted by Gasteiger charge is -2.28. The van der Waals surface area contributed by atoms with Gasteiger partial charge in [0.2, 0.25) is 0 Å². The van der Waals surface area contributed by atoms with Gasteiger partial charge in [-0.1, -0.05) is 36.7 Å². The van der Waals surface area contributed by atoms with E-state index in [0.717, 1.165) is 13.1 Å². The lowest BCUT2D eigenvalue weighted by atomic mass is 9.82. The van der Waals surface area contributed by atoms with Crippen LogP contribution in [-0.2, 0) is 6.54 Å². The summed E-state index contributed by atoms with van der Waals surface area (Å²) in [6.07, 6.45) is 3.91. The van der Waals surface area contributed by atoms with Gasteiger partial charge in [-0.15, -0.1) is 0 Å². The molecular weight excluding hydrogens is 312 g/mol. The van der Waals surface area contributed by atoms with Gasteiger partial charge in [-0.05, 0) is 55.0 Å². The molecule has 1 heterocycles. The minimum Gasteiger partial charge on any atom is -0.371 e. The number of hydrogen-bond donors (Lipinski definition) is 1. The van der Waals surface area contributed by atoms with Crippen LogP contribution in [0.1, 0.15) is 45.6 Å². The van der Waals surface area contributed by atoms with Crippen LogP contribution in [0.4, 0.5) is 5.69 Å². The van der Waals surface area contributed by atoms with Gasteiger partial charge in [0.25, 0.3) is 0 Å². The van der Waals surface area contributed by atoms with Crippen molar-refractivity contribution in [3.8, 4) is 0 Å². The maximum absolute atomic E-state index is 3.60. The average molecular weight is 339 g/mol. The van der Waals surface area contributed by atoms with E-state index in [2.05, 4.69) is 65.1 Å². The average Bonchev–Trinajstić information content (AvgIpc) is 2.90. The van der Waals surface area contributed by atoms with Crippen molar-refractivity contribution in [2.75, 3.05) is 24.5 Å². The van der Waals surface area contributed by atoms with Gasteiger partial charge in [-0.2, -0.15) is 0 Å². The molecule has 20 heavy (non-hydrogen) atoms. The first kappa shape index (κ1) is 15.8. The van der Waals surface area contributed by atoms with Crippen molar-refractivity contribution in [3.05, 3.63) is 28.2 Å². The number of nitrogens with one attached hydrogen (secondary N) is 1. The predicted octanol–water partition coefficient (Wildman–Crippen LogP) is 4.58. The van der Waals surface area contributed by atoms with E-state index in [1.807, 2.05) is 0 Å². The molecule has 0 unspecified atom stereocenters. The monoisotopic (exact) mass is 338 g/mol. The zero-order chi connectivity index (χ0) is 14.6. The minimum absolute atomic E-state index is 0.530. The Morgan fingerprint density at radius 1 is 1.25 bits per heavy atom. The Morgan fingerprint density at radius 3 is 2.60 bits per heavy atom. The fourth-order valence-corrected chi connectivity index (χ4v) is 3.64. The van der Waals surface area contributed by atoms with Crippen molar-refractivity contribution in [3.63, 3.8) is 0 Å². The molecule has 0 spiro atoms. The molecule has 1 aromatic carbocycles. The van der Waals surface area contributed by atoms with Crippen LogP contribution in [0.3, 0.4) is 0 Å². The first-order valence-corrected chi connectivity index (χ1v) is 8.67. The highest BCUT2D eigenvalue weighted by atomic mass is 79.9. The molecule has 0 aromatic heterocycles. The van der Waals surface area contributed by atoms with Crippen molar-refractivity contribution >= 4 is 21.6 Å². The van der Waals surface area contributed by atoms with E-state index in [1.54, 1.807) is 0 Å². The Balaban J connectivity index is 2.20. The molecule has 0 bridgehead atoms. The fourth-order valence-electron chi connectivity index (χ4n) is 3.23. The van der Waals surface area contributed by atoms with Gasteiger partial charge in [0.15, 0.2) is 0 Å². The van der Waals surface area contributed by atoms with Crippen LogP contribution in [0.5, 0.6) is 0 Å². The normalized spacial score (nSPS) is 17.7. The third-order valence-electron chi connectivity index (χ3n) is 4.89. The molecule has 1 fully saturated rings. The van der Waals surface area contributed by atoms with Crippen LogP contribution in [0.25, 0.3) is 0 Å². The lowest BCUT2D eigenvalue weighted by molar-refractivity contribution is 0.301. The summed E-state index contributed by atoms with van der Waals surface area (Å²) in [6.45, 7) is 11.2. The van der Waals surface area contributed by atoms with Crippen molar-refractivity contribution in [2.24, 2.45) is 5.41 Å². The molecule has 3 heteroatoms. The summed E-state index contributed by atoms with van der Waals surface area (Å²) in [5.74, 6) is 0. The van der Waals surface area contributed by atoms with Crippen LogP contribution in [0.15, 0.2) is 22.7 Å². The number of rotatable bonds is 6. The molecule has 1 N–H and O–H groups in total. The second kappa shape index (κ2) is 6.95.